The van der Waals surface area contributed by atoms with Crippen LogP contribution in [-0.2, 0) is 14.3 Å². The molecule has 102 valence electrons. The Hall–Kier alpha value is -1.59. The Bertz CT molecular complexity index is 478. The molecule has 0 bridgehead atoms. The number of benzene rings is 1. The molecule has 3 rings (SSSR count). The second-order valence-electron chi connectivity index (χ2n) is 4.97. The largest absolute Gasteiger partial charge is 0.506 e. The minimum absolute atomic E-state index is 0.0297. The summed E-state index contributed by atoms with van der Waals surface area (Å²) in [6.07, 6.45) is 2.34. The van der Waals surface area contributed by atoms with Crippen LogP contribution >= 0.6 is 0 Å². The van der Waals surface area contributed by atoms with E-state index in [9.17, 15) is 9.90 Å². The van der Waals surface area contributed by atoms with Crippen LogP contribution in [0.2, 0.25) is 0 Å². The van der Waals surface area contributed by atoms with E-state index < -0.39 is 6.29 Å². The molecule has 1 aromatic carbocycles. The van der Waals surface area contributed by atoms with E-state index in [1.165, 1.54) is 0 Å². The summed E-state index contributed by atoms with van der Waals surface area (Å²) < 4.78 is 11.0. The van der Waals surface area contributed by atoms with Gasteiger partial charge in [-0.3, -0.25) is 4.79 Å². The third-order valence-corrected chi connectivity index (χ3v) is 3.33. The van der Waals surface area contributed by atoms with Crippen molar-refractivity contribution in [3.05, 3.63) is 23.8 Å². The highest BCUT2D eigenvalue weighted by Crippen LogP contribution is 2.34. The number of ether oxygens (including phenoxy) is 2. The van der Waals surface area contributed by atoms with E-state index in [0.717, 1.165) is 24.8 Å². The summed E-state index contributed by atoms with van der Waals surface area (Å²) in [6.45, 7) is 1.32. The van der Waals surface area contributed by atoms with Crippen LogP contribution in [0.15, 0.2) is 18.2 Å². The van der Waals surface area contributed by atoms with Crippen molar-refractivity contribution in [3.63, 3.8) is 0 Å². The molecule has 1 aliphatic carbocycles. The first-order chi connectivity index (χ1) is 9.24. The van der Waals surface area contributed by atoms with Gasteiger partial charge in [-0.1, -0.05) is 6.07 Å². The van der Waals surface area contributed by atoms with E-state index >= 15 is 0 Å². The molecule has 2 fully saturated rings. The Balaban J connectivity index is 1.76. The van der Waals surface area contributed by atoms with Crippen LogP contribution in [0.25, 0.3) is 0 Å². The van der Waals surface area contributed by atoms with Gasteiger partial charge in [-0.25, -0.2) is 0 Å². The normalized spacial score (nSPS) is 20.2. The summed E-state index contributed by atoms with van der Waals surface area (Å²) >= 11 is 0. The van der Waals surface area contributed by atoms with E-state index in [1.807, 2.05) is 0 Å². The molecule has 1 aliphatic heterocycles. The minimum Gasteiger partial charge on any atom is -0.506 e. The number of phenols is 1. The van der Waals surface area contributed by atoms with Gasteiger partial charge in [-0.15, -0.1) is 0 Å². The van der Waals surface area contributed by atoms with Crippen molar-refractivity contribution in [3.8, 4) is 5.75 Å². The fourth-order valence-electron chi connectivity index (χ4n) is 2.06. The lowest BCUT2D eigenvalue weighted by atomic mass is 10.1. The number of aromatic hydroxyl groups is 1. The van der Waals surface area contributed by atoms with Crippen LogP contribution in [0.4, 0.5) is 5.69 Å². The molecule has 1 amide bonds. The van der Waals surface area contributed by atoms with Gasteiger partial charge in [-0.05, 0) is 31.4 Å². The highest BCUT2D eigenvalue weighted by molar-refractivity contribution is 5.95. The van der Waals surface area contributed by atoms with Crippen molar-refractivity contribution in [2.75, 3.05) is 18.5 Å². The predicted molar refractivity (Wildman–Crippen MR) is 68.7 cm³/mol. The number of amides is 1. The zero-order valence-corrected chi connectivity index (χ0v) is 10.6. The van der Waals surface area contributed by atoms with Crippen molar-refractivity contribution >= 4 is 11.6 Å². The lowest BCUT2D eigenvalue weighted by molar-refractivity contribution is -0.183. The first kappa shape index (κ1) is 12.4. The molecule has 2 N–H and O–H groups in total. The first-order valence-electron chi connectivity index (χ1n) is 6.61. The van der Waals surface area contributed by atoms with Gasteiger partial charge < -0.3 is 19.9 Å². The molecule has 0 radical (unpaired) electrons. The topological polar surface area (TPSA) is 67.8 Å². The fraction of sp³-hybridized carbons (Fsp3) is 0.500. The fourth-order valence-corrected chi connectivity index (χ4v) is 2.06. The summed E-state index contributed by atoms with van der Waals surface area (Å²) in [5.41, 5.74) is 1.23. The van der Waals surface area contributed by atoms with Gasteiger partial charge >= 0.3 is 0 Å². The molecule has 0 aromatic heterocycles. The molecule has 0 atom stereocenters. The Morgan fingerprint density at radius 2 is 2.00 bits per heavy atom. The monoisotopic (exact) mass is 263 g/mol. The number of rotatable bonds is 3. The highest BCUT2D eigenvalue weighted by atomic mass is 16.7. The molecule has 1 heterocycles. The highest BCUT2D eigenvalue weighted by Gasteiger charge is 2.30. The van der Waals surface area contributed by atoms with Gasteiger partial charge in [0.05, 0.1) is 18.9 Å². The molecule has 5 heteroatoms. The zero-order valence-electron chi connectivity index (χ0n) is 10.6. The summed E-state index contributed by atoms with van der Waals surface area (Å²) in [7, 11) is 0. The van der Waals surface area contributed by atoms with Crippen LogP contribution in [0.5, 0.6) is 5.75 Å². The number of hydrogen-bond acceptors (Lipinski definition) is 4. The van der Waals surface area contributed by atoms with Crippen LogP contribution in [-0.4, -0.2) is 24.2 Å². The Morgan fingerprint density at radius 1 is 1.26 bits per heavy atom. The van der Waals surface area contributed by atoms with Gasteiger partial charge in [-0.2, -0.15) is 0 Å². The zero-order chi connectivity index (χ0) is 13.2. The van der Waals surface area contributed by atoms with Crippen LogP contribution in [0.3, 0.4) is 0 Å². The van der Waals surface area contributed by atoms with E-state index in [-0.39, 0.29) is 17.6 Å². The number of carbonyl (C=O) groups is 1. The summed E-state index contributed by atoms with van der Waals surface area (Å²) in [6, 6.07) is 5.02. The van der Waals surface area contributed by atoms with E-state index in [0.29, 0.717) is 18.9 Å². The van der Waals surface area contributed by atoms with Crippen LogP contribution in [0, 0.1) is 5.92 Å². The van der Waals surface area contributed by atoms with E-state index in [4.69, 9.17) is 9.47 Å². The van der Waals surface area contributed by atoms with E-state index in [1.54, 1.807) is 18.2 Å². The number of nitrogens with one attached hydrogen (secondary N) is 1. The Labute approximate surface area is 111 Å². The van der Waals surface area contributed by atoms with Crippen molar-refractivity contribution in [1.82, 2.24) is 0 Å². The molecule has 5 nitrogen and oxygen atoms in total. The van der Waals surface area contributed by atoms with Crippen LogP contribution in [0.1, 0.15) is 31.1 Å². The van der Waals surface area contributed by atoms with Gasteiger partial charge in [0, 0.05) is 11.5 Å². The maximum Gasteiger partial charge on any atom is 0.227 e. The third kappa shape index (κ3) is 2.88. The van der Waals surface area contributed by atoms with Gasteiger partial charge in [0.15, 0.2) is 6.29 Å². The van der Waals surface area contributed by atoms with Gasteiger partial charge in [0.1, 0.15) is 5.75 Å². The van der Waals surface area contributed by atoms with Gasteiger partial charge in [0.2, 0.25) is 5.91 Å². The molecule has 19 heavy (non-hydrogen) atoms. The maximum absolute atomic E-state index is 11.7. The summed E-state index contributed by atoms with van der Waals surface area (Å²) in [5.74, 6) is 0.136. The average molecular weight is 263 g/mol. The average Bonchev–Trinajstić information content (AvgIpc) is 3.27. The Kier molecular flexibility index (Phi) is 3.40. The Morgan fingerprint density at radius 3 is 2.68 bits per heavy atom. The summed E-state index contributed by atoms with van der Waals surface area (Å²) in [5, 5.41) is 12.5. The molecular formula is C14H17NO4. The summed E-state index contributed by atoms with van der Waals surface area (Å²) in [4.78, 5) is 11.7. The molecule has 1 aromatic rings. The number of hydrogen-bond donors (Lipinski definition) is 2. The number of anilines is 1. The predicted octanol–water partition coefficient (Wildman–Crippen LogP) is 2.18. The number of phenolic OH excluding ortho intramolecular Hbond substituents is 1. The molecule has 1 saturated carbocycles. The van der Waals surface area contributed by atoms with E-state index in [2.05, 4.69) is 5.32 Å². The van der Waals surface area contributed by atoms with Crippen molar-refractivity contribution in [2.45, 2.75) is 25.6 Å². The smallest absolute Gasteiger partial charge is 0.227 e. The van der Waals surface area contributed by atoms with Crippen molar-refractivity contribution in [1.29, 1.82) is 0 Å². The third-order valence-electron chi connectivity index (χ3n) is 3.33. The lowest BCUT2D eigenvalue weighted by Gasteiger charge is -2.24. The first-order valence-corrected chi connectivity index (χ1v) is 6.61. The molecule has 2 aliphatic rings. The van der Waals surface area contributed by atoms with Crippen molar-refractivity contribution < 1.29 is 19.4 Å². The van der Waals surface area contributed by atoms with Crippen LogP contribution < -0.4 is 5.32 Å². The molecule has 1 saturated heterocycles. The number of carbonyl (C=O) groups excluding carboxylic acids is 1. The SMILES string of the molecule is O=C(Nc1cc(C2OCCCO2)ccc1O)C1CC1. The lowest BCUT2D eigenvalue weighted by Crippen LogP contribution is -2.18. The second kappa shape index (κ2) is 5.19. The minimum atomic E-state index is -0.411. The maximum atomic E-state index is 11.7. The molecule has 0 spiro atoms. The van der Waals surface area contributed by atoms with Crippen molar-refractivity contribution in [2.24, 2.45) is 5.92 Å². The molecule has 0 unspecified atom stereocenters. The van der Waals surface area contributed by atoms with Gasteiger partial charge in [0.25, 0.3) is 0 Å². The standard InChI is InChI=1S/C14H17NO4/c16-12-5-4-10(14-18-6-1-7-19-14)8-11(12)15-13(17)9-2-3-9/h4-5,8-9,14,16H,1-3,6-7H2,(H,15,17). The molecular weight excluding hydrogens is 246 g/mol. The quantitative estimate of drug-likeness (QED) is 0.820. The second-order valence-corrected chi connectivity index (χ2v) is 4.97.